The molecule has 1 atom stereocenters. The lowest BCUT2D eigenvalue weighted by Crippen LogP contribution is -2.45. The van der Waals surface area contributed by atoms with Gasteiger partial charge in [-0.25, -0.2) is 9.78 Å². The molecule has 2 aromatic rings. The highest BCUT2D eigenvalue weighted by Crippen LogP contribution is 2.25. The largest absolute Gasteiger partial charge is 0.481 e. The molecule has 0 aliphatic carbocycles. The number of hydrogen-bond donors (Lipinski definition) is 1. The average molecular weight is 300 g/mol. The number of carbonyl (C=O) groups is 1. The molecule has 3 rings (SSSR count). The van der Waals surface area contributed by atoms with E-state index in [9.17, 15) is 4.79 Å². The number of urea groups is 1. The van der Waals surface area contributed by atoms with Crippen LogP contribution in [0.4, 0.5) is 4.79 Å². The third kappa shape index (κ3) is 2.77. The first kappa shape index (κ1) is 14.4. The Morgan fingerprint density at radius 2 is 2.23 bits per heavy atom. The van der Waals surface area contributed by atoms with Crippen molar-refractivity contribution in [3.63, 3.8) is 0 Å². The number of nitrogens with one attached hydrogen (secondary N) is 1. The van der Waals surface area contributed by atoms with Crippen LogP contribution in [0.15, 0.2) is 36.5 Å². The predicted octanol–water partition coefficient (Wildman–Crippen LogP) is 2.18. The van der Waals surface area contributed by atoms with Crippen LogP contribution in [0.5, 0.6) is 5.88 Å². The van der Waals surface area contributed by atoms with Crippen molar-refractivity contribution in [1.29, 1.82) is 0 Å². The number of amides is 2. The van der Waals surface area contributed by atoms with Crippen molar-refractivity contribution >= 4 is 6.03 Å². The maximum Gasteiger partial charge on any atom is 0.318 e. The minimum absolute atomic E-state index is 0.0652. The van der Waals surface area contributed by atoms with E-state index in [1.165, 1.54) is 5.69 Å². The SMILES string of the molecule is COc1cccc(CNC(=O)N2CCn3cccc3C2C)n1. The molecule has 1 N–H and O–H groups in total. The van der Waals surface area contributed by atoms with Crippen LogP contribution in [0.1, 0.15) is 24.4 Å². The summed E-state index contributed by atoms with van der Waals surface area (Å²) in [5, 5.41) is 2.93. The first-order valence-corrected chi connectivity index (χ1v) is 7.38. The molecule has 0 saturated heterocycles. The zero-order valence-corrected chi connectivity index (χ0v) is 12.8. The summed E-state index contributed by atoms with van der Waals surface area (Å²) in [6.45, 7) is 3.98. The summed E-state index contributed by atoms with van der Waals surface area (Å²) in [4.78, 5) is 18.6. The maximum absolute atomic E-state index is 12.4. The van der Waals surface area contributed by atoms with Gasteiger partial charge in [-0.05, 0) is 25.1 Å². The topological polar surface area (TPSA) is 59.4 Å². The van der Waals surface area contributed by atoms with Gasteiger partial charge in [0, 0.05) is 31.0 Å². The van der Waals surface area contributed by atoms with Crippen molar-refractivity contribution in [2.24, 2.45) is 0 Å². The zero-order valence-electron chi connectivity index (χ0n) is 12.8. The summed E-state index contributed by atoms with van der Waals surface area (Å²) in [5.74, 6) is 0.552. The maximum atomic E-state index is 12.4. The Bertz CT molecular complexity index is 668. The molecule has 0 spiro atoms. The van der Waals surface area contributed by atoms with E-state index in [4.69, 9.17) is 4.74 Å². The number of hydrogen-bond acceptors (Lipinski definition) is 3. The van der Waals surface area contributed by atoms with Crippen LogP contribution in [0.25, 0.3) is 0 Å². The van der Waals surface area contributed by atoms with Crippen molar-refractivity contribution in [1.82, 2.24) is 19.8 Å². The molecular weight excluding hydrogens is 280 g/mol. The minimum Gasteiger partial charge on any atom is -0.481 e. The van der Waals surface area contributed by atoms with Crippen molar-refractivity contribution in [2.45, 2.75) is 26.1 Å². The molecule has 116 valence electrons. The predicted molar refractivity (Wildman–Crippen MR) is 82.6 cm³/mol. The van der Waals surface area contributed by atoms with Gasteiger partial charge in [0.1, 0.15) is 0 Å². The fraction of sp³-hybridized carbons (Fsp3) is 0.375. The average Bonchev–Trinajstić information content (AvgIpc) is 3.03. The second-order valence-electron chi connectivity index (χ2n) is 5.33. The summed E-state index contributed by atoms with van der Waals surface area (Å²) in [7, 11) is 1.58. The van der Waals surface area contributed by atoms with Crippen molar-refractivity contribution in [3.8, 4) is 5.88 Å². The van der Waals surface area contributed by atoms with Crippen molar-refractivity contribution in [2.75, 3.05) is 13.7 Å². The first-order valence-electron chi connectivity index (χ1n) is 7.38. The number of aromatic nitrogens is 2. The number of rotatable bonds is 3. The Balaban J connectivity index is 1.63. The molecule has 1 unspecified atom stereocenters. The van der Waals surface area contributed by atoms with Crippen molar-refractivity contribution < 1.29 is 9.53 Å². The lowest BCUT2D eigenvalue weighted by Gasteiger charge is -2.34. The second kappa shape index (κ2) is 6.09. The third-order valence-corrected chi connectivity index (χ3v) is 4.01. The van der Waals surface area contributed by atoms with Gasteiger partial charge in [-0.1, -0.05) is 6.07 Å². The molecule has 0 radical (unpaired) electrons. The van der Waals surface area contributed by atoms with Crippen LogP contribution in [0, 0.1) is 0 Å². The van der Waals surface area contributed by atoms with Crippen LogP contribution >= 0.6 is 0 Å². The molecule has 2 aromatic heterocycles. The molecule has 0 saturated carbocycles. The quantitative estimate of drug-likeness (QED) is 0.945. The Morgan fingerprint density at radius 3 is 3.05 bits per heavy atom. The summed E-state index contributed by atoms with van der Waals surface area (Å²) in [6, 6.07) is 9.61. The van der Waals surface area contributed by atoms with Crippen LogP contribution in [-0.2, 0) is 13.1 Å². The number of pyridine rings is 1. The number of carbonyl (C=O) groups excluding carboxylic acids is 1. The monoisotopic (exact) mass is 300 g/mol. The summed E-state index contributed by atoms with van der Waals surface area (Å²) < 4.78 is 7.28. The van der Waals surface area contributed by atoms with E-state index in [1.54, 1.807) is 13.2 Å². The van der Waals surface area contributed by atoms with E-state index in [0.29, 0.717) is 19.0 Å². The van der Waals surface area contributed by atoms with E-state index in [-0.39, 0.29) is 12.1 Å². The molecule has 0 fully saturated rings. The number of fused-ring (bicyclic) bond motifs is 1. The van der Waals surface area contributed by atoms with E-state index < -0.39 is 0 Å². The van der Waals surface area contributed by atoms with Crippen LogP contribution in [0.3, 0.4) is 0 Å². The lowest BCUT2D eigenvalue weighted by atomic mass is 10.1. The van der Waals surface area contributed by atoms with Gasteiger partial charge >= 0.3 is 6.03 Å². The lowest BCUT2D eigenvalue weighted by molar-refractivity contribution is 0.162. The molecule has 6 nitrogen and oxygen atoms in total. The highest BCUT2D eigenvalue weighted by molar-refractivity contribution is 5.74. The Hall–Kier alpha value is -2.50. The highest BCUT2D eigenvalue weighted by Gasteiger charge is 2.27. The molecule has 6 heteroatoms. The summed E-state index contributed by atoms with van der Waals surface area (Å²) >= 11 is 0. The molecule has 1 aliphatic heterocycles. The van der Waals surface area contributed by atoms with Gasteiger partial charge in [0.05, 0.1) is 25.4 Å². The summed E-state index contributed by atoms with van der Waals surface area (Å²) in [5.41, 5.74) is 1.95. The normalized spacial score (nSPS) is 17.0. The van der Waals surface area contributed by atoms with Crippen LogP contribution < -0.4 is 10.1 Å². The third-order valence-electron chi connectivity index (χ3n) is 4.01. The number of nitrogens with zero attached hydrogens (tertiary/aromatic N) is 3. The minimum atomic E-state index is -0.0652. The fourth-order valence-electron chi connectivity index (χ4n) is 2.79. The molecule has 22 heavy (non-hydrogen) atoms. The van der Waals surface area contributed by atoms with Crippen molar-refractivity contribution in [3.05, 3.63) is 47.9 Å². The Kier molecular flexibility index (Phi) is 4.00. The molecule has 0 bridgehead atoms. The van der Waals surface area contributed by atoms with Crippen LogP contribution in [0.2, 0.25) is 0 Å². The smallest absolute Gasteiger partial charge is 0.318 e. The standard InChI is InChI=1S/C16H20N4O2/c1-12-14-6-4-8-19(14)9-10-20(12)16(21)17-11-13-5-3-7-15(18-13)22-2/h3-8,12H,9-11H2,1-2H3,(H,17,21). The molecule has 3 heterocycles. The van der Waals surface area contributed by atoms with Crippen LogP contribution in [-0.4, -0.2) is 34.1 Å². The highest BCUT2D eigenvalue weighted by atomic mass is 16.5. The van der Waals surface area contributed by atoms with E-state index in [0.717, 1.165) is 12.2 Å². The number of ether oxygens (including phenoxy) is 1. The summed E-state index contributed by atoms with van der Waals surface area (Å²) in [6.07, 6.45) is 2.06. The fourth-order valence-corrected chi connectivity index (χ4v) is 2.79. The van der Waals surface area contributed by atoms with Gasteiger partial charge < -0.3 is 19.5 Å². The Labute approximate surface area is 129 Å². The van der Waals surface area contributed by atoms with Gasteiger partial charge in [-0.2, -0.15) is 0 Å². The molecule has 1 aliphatic rings. The van der Waals surface area contributed by atoms with Gasteiger partial charge in [0.15, 0.2) is 0 Å². The molecular formula is C16H20N4O2. The Morgan fingerprint density at radius 1 is 1.36 bits per heavy atom. The van der Waals surface area contributed by atoms with Gasteiger partial charge in [-0.15, -0.1) is 0 Å². The molecule has 2 amide bonds. The zero-order chi connectivity index (χ0) is 15.5. The van der Waals surface area contributed by atoms with E-state index in [1.807, 2.05) is 30.0 Å². The van der Waals surface area contributed by atoms with E-state index in [2.05, 4.69) is 27.1 Å². The number of methoxy groups -OCH3 is 1. The van der Waals surface area contributed by atoms with Gasteiger partial charge in [0.25, 0.3) is 0 Å². The van der Waals surface area contributed by atoms with Gasteiger partial charge in [0.2, 0.25) is 5.88 Å². The second-order valence-corrected chi connectivity index (χ2v) is 5.33. The first-order chi connectivity index (χ1) is 10.7. The van der Waals surface area contributed by atoms with E-state index >= 15 is 0 Å². The van der Waals surface area contributed by atoms with Gasteiger partial charge in [-0.3, -0.25) is 0 Å². The molecule has 0 aromatic carbocycles.